The number of carbonyl (C=O) groups is 2. The first-order valence-electron chi connectivity index (χ1n) is 8.07. The number of imide groups is 1. The molecule has 1 saturated heterocycles. The van der Waals surface area contributed by atoms with Gasteiger partial charge in [-0.3, -0.25) is 10.1 Å². The number of urea groups is 1. The van der Waals surface area contributed by atoms with Crippen LogP contribution in [0.3, 0.4) is 0 Å². The molecule has 0 aromatic heterocycles. The highest BCUT2D eigenvalue weighted by Crippen LogP contribution is 2.32. The van der Waals surface area contributed by atoms with Crippen LogP contribution in [0.4, 0.5) is 4.79 Å². The maximum Gasteiger partial charge on any atom is 0.322 e. The Hall–Kier alpha value is -2.62. The summed E-state index contributed by atoms with van der Waals surface area (Å²) in [4.78, 5) is 24.4. The molecule has 4 heteroatoms. The third-order valence-electron chi connectivity index (χ3n) is 2.95. The van der Waals surface area contributed by atoms with Crippen LogP contribution in [0.1, 0.15) is 18.0 Å². The van der Waals surface area contributed by atoms with E-state index in [1.807, 2.05) is 0 Å². The van der Waals surface area contributed by atoms with E-state index in [4.69, 9.17) is 6.85 Å². The highest BCUT2D eigenvalue weighted by atomic mass is 16.2. The minimum atomic E-state index is -1.88. The normalized spacial score (nSPS) is 25.6. The Balaban J connectivity index is 2.43. The van der Waals surface area contributed by atoms with Crippen molar-refractivity contribution in [1.29, 1.82) is 0 Å². The maximum absolute atomic E-state index is 12.6. The Morgan fingerprint density at radius 1 is 0.947 bits per heavy atom. The van der Waals surface area contributed by atoms with E-state index < -0.39 is 47.7 Å². The van der Waals surface area contributed by atoms with Crippen LogP contribution in [0.2, 0.25) is 0 Å². The summed E-state index contributed by atoms with van der Waals surface area (Å²) in [6.07, 6.45) is 0. The molecule has 1 aliphatic heterocycles. The van der Waals surface area contributed by atoms with Crippen molar-refractivity contribution in [2.24, 2.45) is 0 Å². The summed E-state index contributed by atoms with van der Waals surface area (Å²) in [7, 11) is 0. The average molecular weight is 257 g/mol. The number of hydrogen-bond donors (Lipinski definition) is 2. The van der Waals surface area contributed by atoms with Crippen molar-refractivity contribution in [2.45, 2.75) is 5.54 Å². The van der Waals surface area contributed by atoms with Crippen molar-refractivity contribution in [2.75, 3.05) is 0 Å². The van der Waals surface area contributed by atoms with Gasteiger partial charge in [-0.2, -0.15) is 0 Å². The van der Waals surface area contributed by atoms with Crippen molar-refractivity contribution in [3.05, 3.63) is 71.7 Å². The number of carbonyl (C=O) groups excluding carboxylic acids is 2. The van der Waals surface area contributed by atoms with Crippen LogP contribution in [0.25, 0.3) is 0 Å². The zero-order valence-corrected chi connectivity index (χ0v) is 9.70. The van der Waals surface area contributed by atoms with Crippen molar-refractivity contribution in [3.8, 4) is 0 Å². The molecule has 3 amide bonds. The van der Waals surface area contributed by atoms with E-state index in [-0.39, 0.29) is 5.56 Å². The lowest BCUT2D eigenvalue weighted by molar-refractivity contribution is -0.122. The van der Waals surface area contributed by atoms with Crippen molar-refractivity contribution in [1.82, 2.24) is 10.6 Å². The molecule has 3 rings (SSSR count). The lowest BCUT2D eigenvalue weighted by atomic mass is 9.83. The lowest BCUT2D eigenvalue weighted by Crippen LogP contribution is -2.44. The fraction of sp³-hybridized carbons (Fsp3) is 0.0667. The van der Waals surface area contributed by atoms with Gasteiger partial charge in [-0.1, -0.05) is 60.5 Å². The van der Waals surface area contributed by atoms with E-state index in [1.165, 1.54) is 0 Å². The van der Waals surface area contributed by atoms with Crippen LogP contribution >= 0.6 is 0 Å². The number of hydrogen-bond acceptors (Lipinski definition) is 2. The molecule has 0 aliphatic carbocycles. The Morgan fingerprint density at radius 3 is 2.21 bits per heavy atom. The third kappa shape index (κ3) is 1.69. The second-order valence-corrected chi connectivity index (χ2v) is 4.02. The summed E-state index contributed by atoms with van der Waals surface area (Å²) in [5, 5.41) is 4.53. The molecule has 2 aromatic rings. The molecule has 1 aliphatic rings. The SMILES string of the molecule is [2H]c1c([2H])c([2H])c([C@@]2(c3ccccc3)NC(=O)NC2=O)c([2H])c1[2H]. The summed E-state index contributed by atoms with van der Waals surface area (Å²) in [6.45, 7) is 0. The van der Waals surface area contributed by atoms with Crippen LogP contribution < -0.4 is 10.6 Å². The number of rotatable bonds is 2. The van der Waals surface area contributed by atoms with Crippen molar-refractivity contribution in [3.63, 3.8) is 0 Å². The minimum Gasteiger partial charge on any atom is -0.316 e. The number of amides is 3. The van der Waals surface area contributed by atoms with E-state index in [9.17, 15) is 9.59 Å². The highest BCUT2D eigenvalue weighted by molar-refractivity contribution is 6.09. The van der Waals surface area contributed by atoms with Gasteiger partial charge in [-0.15, -0.1) is 0 Å². The summed E-state index contributed by atoms with van der Waals surface area (Å²) in [6, 6.07) is 4.47. The first kappa shape index (κ1) is 7.09. The van der Waals surface area contributed by atoms with Gasteiger partial charge in [0, 0.05) is 0 Å². The van der Waals surface area contributed by atoms with Gasteiger partial charge < -0.3 is 5.32 Å². The third-order valence-corrected chi connectivity index (χ3v) is 2.95. The molecule has 94 valence electrons. The van der Waals surface area contributed by atoms with Crippen molar-refractivity contribution < 1.29 is 16.4 Å². The van der Waals surface area contributed by atoms with Gasteiger partial charge in [-0.05, 0) is 11.1 Å². The summed E-state index contributed by atoms with van der Waals surface area (Å²) in [5.41, 5.74) is -1.87. The topological polar surface area (TPSA) is 58.2 Å². The predicted molar refractivity (Wildman–Crippen MR) is 70.3 cm³/mol. The van der Waals surface area contributed by atoms with Gasteiger partial charge in [0.1, 0.15) is 0 Å². The molecule has 19 heavy (non-hydrogen) atoms. The van der Waals surface area contributed by atoms with Crippen molar-refractivity contribution >= 4 is 11.9 Å². The fourth-order valence-corrected chi connectivity index (χ4v) is 2.10. The van der Waals surface area contributed by atoms with Gasteiger partial charge in [0.2, 0.25) is 0 Å². The Labute approximate surface area is 117 Å². The molecular formula is C15H12N2O2. The predicted octanol–water partition coefficient (Wildman–Crippen LogP) is 1.77. The first-order valence-corrected chi connectivity index (χ1v) is 5.57. The van der Waals surface area contributed by atoms with E-state index >= 15 is 0 Å². The fourth-order valence-electron chi connectivity index (χ4n) is 2.10. The van der Waals surface area contributed by atoms with Crippen LogP contribution in [0, 0.1) is 0 Å². The van der Waals surface area contributed by atoms with Gasteiger partial charge in [0.05, 0.1) is 6.85 Å². The molecule has 0 bridgehead atoms. The van der Waals surface area contributed by atoms with Crippen LogP contribution in [-0.2, 0) is 10.3 Å². The molecule has 1 heterocycles. The Morgan fingerprint density at radius 2 is 1.63 bits per heavy atom. The molecule has 0 radical (unpaired) electrons. The van der Waals surface area contributed by atoms with Crippen LogP contribution in [-0.4, -0.2) is 11.9 Å². The molecular weight excluding hydrogens is 240 g/mol. The Kier molecular flexibility index (Phi) is 1.58. The van der Waals surface area contributed by atoms with Gasteiger partial charge in [-0.25, -0.2) is 4.79 Å². The molecule has 2 aromatic carbocycles. The smallest absolute Gasteiger partial charge is 0.316 e. The molecule has 0 unspecified atom stereocenters. The largest absolute Gasteiger partial charge is 0.322 e. The zero-order chi connectivity index (χ0) is 17.6. The lowest BCUT2D eigenvalue weighted by Gasteiger charge is -2.27. The quantitative estimate of drug-likeness (QED) is 0.806. The average Bonchev–Trinajstić information content (AvgIpc) is 2.87. The zero-order valence-electron chi connectivity index (χ0n) is 14.7. The molecule has 0 spiro atoms. The maximum atomic E-state index is 12.6. The molecule has 0 saturated carbocycles. The van der Waals surface area contributed by atoms with Crippen LogP contribution in [0.5, 0.6) is 0 Å². The molecule has 2 N–H and O–H groups in total. The number of nitrogens with one attached hydrogen (secondary N) is 2. The minimum absolute atomic E-state index is 0.289. The van der Waals surface area contributed by atoms with Gasteiger partial charge in [0.25, 0.3) is 5.91 Å². The summed E-state index contributed by atoms with van der Waals surface area (Å²) < 4.78 is 39.6. The molecule has 4 nitrogen and oxygen atoms in total. The van der Waals surface area contributed by atoms with E-state index in [2.05, 4.69) is 10.6 Å². The Bertz CT molecular complexity index is 843. The number of benzene rings is 2. The first-order chi connectivity index (χ1) is 11.3. The second-order valence-electron chi connectivity index (χ2n) is 4.02. The van der Waals surface area contributed by atoms with E-state index in [0.29, 0.717) is 5.56 Å². The summed E-state index contributed by atoms with van der Waals surface area (Å²) in [5.74, 6) is -0.794. The molecule has 1 fully saturated rings. The van der Waals surface area contributed by atoms with Crippen LogP contribution in [0.15, 0.2) is 60.5 Å². The summed E-state index contributed by atoms with van der Waals surface area (Å²) >= 11 is 0. The molecule has 1 atom stereocenters. The van der Waals surface area contributed by atoms with Gasteiger partial charge >= 0.3 is 6.03 Å². The van der Waals surface area contributed by atoms with E-state index in [0.717, 1.165) is 0 Å². The standard InChI is InChI=1S/C15H12N2O2/c18-13-15(17-14(19)16-13,11-7-3-1-4-8-11)12-9-5-2-6-10-12/h1-10H,(H2,16,17,18,19)/i1D,3D,4D,7D,8D/t15-/m0/s1. The highest BCUT2D eigenvalue weighted by Gasteiger charge is 2.48. The second kappa shape index (κ2) is 4.24. The van der Waals surface area contributed by atoms with Gasteiger partial charge in [0.15, 0.2) is 5.54 Å². The van der Waals surface area contributed by atoms with E-state index in [1.54, 1.807) is 30.3 Å². The monoisotopic (exact) mass is 257 g/mol.